The lowest BCUT2D eigenvalue weighted by Gasteiger charge is -2.18. The number of benzene rings is 1. The first-order chi connectivity index (χ1) is 9.78. The fourth-order valence-corrected chi connectivity index (χ4v) is 2.53. The number of hydrogen-bond donors (Lipinski definition) is 0. The molecule has 1 aliphatic heterocycles. The Morgan fingerprint density at radius 2 is 2.35 bits per heavy atom. The van der Waals surface area contributed by atoms with Crippen molar-refractivity contribution in [2.75, 3.05) is 24.6 Å². The zero-order chi connectivity index (χ0) is 13.9. The van der Waals surface area contributed by atoms with E-state index in [1.54, 1.807) is 12.1 Å². The second kappa shape index (κ2) is 5.54. The summed E-state index contributed by atoms with van der Waals surface area (Å²) in [5, 5.41) is 0.747. The highest BCUT2D eigenvalue weighted by atomic mass is 19.1. The summed E-state index contributed by atoms with van der Waals surface area (Å²) >= 11 is 0. The first kappa shape index (κ1) is 13.0. The van der Waals surface area contributed by atoms with E-state index < -0.39 is 0 Å². The largest absolute Gasteiger partial charge is 0.372 e. The maximum Gasteiger partial charge on any atom is 0.140 e. The molecule has 1 aromatic heterocycles. The van der Waals surface area contributed by atoms with Gasteiger partial charge in [-0.3, -0.25) is 0 Å². The lowest BCUT2D eigenvalue weighted by Crippen LogP contribution is -2.24. The average Bonchev–Trinajstić information content (AvgIpc) is 2.93. The van der Waals surface area contributed by atoms with Crippen molar-refractivity contribution in [2.45, 2.75) is 12.5 Å². The summed E-state index contributed by atoms with van der Waals surface area (Å²) in [5.74, 6) is 0.506. The molecule has 5 heteroatoms. The predicted molar refractivity (Wildman–Crippen MR) is 76.3 cm³/mol. The molecule has 1 unspecified atom stereocenters. The monoisotopic (exact) mass is 273 g/mol. The van der Waals surface area contributed by atoms with Gasteiger partial charge in [-0.05, 0) is 24.6 Å². The molecular weight excluding hydrogens is 257 g/mol. The molecule has 1 atom stereocenters. The molecule has 0 aliphatic carbocycles. The van der Waals surface area contributed by atoms with E-state index in [-0.39, 0.29) is 11.9 Å². The number of ether oxygens (including phenoxy) is 1. The third kappa shape index (κ3) is 2.49. The van der Waals surface area contributed by atoms with E-state index >= 15 is 0 Å². The predicted octanol–water partition coefficient (Wildman–Crippen LogP) is 2.55. The smallest absolute Gasteiger partial charge is 0.140 e. The molecule has 2 heterocycles. The van der Waals surface area contributed by atoms with Crippen molar-refractivity contribution >= 4 is 16.7 Å². The summed E-state index contributed by atoms with van der Waals surface area (Å²) in [6, 6.07) is 4.58. The number of nitrogens with zero attached hydrogens (tertiary/aromatic N) is 3. The van der Waals surface area contributed by atoms with Crippen LogP contribution in [0.15, 0.2) is 37.2 Å². The number of fused-ring (bicyclic) bond motifs is 1. The summed E-state index contributed by atoms with van der Waals surface area (Å²) in [7, 11) is 0. The van der Waals surface area contributed by atoms with E-state index in [1.165, 1.54) is 18.5 Å². The number of halogens is 1. The minimum Gasteiger partial charge on any atom is -0.372 e. The zero-order valence-electron chi connectivity index (χ0n) is 11.1. The molecule has 1 aromatic carbocycles. The molecule has 20 heavy (non-hydrogen) atoms. The van der Waals surface area contributed by atoms with Gasteiger partial charge in [-0.25, -0.2) is 14.4 Å². The Bertz CT molecular complexity index is 632. The lowest BCUT2D eigenvalue weighted by molar-refractivity contribution is 0.0909. The molecule has 104 valence electrons. The highest BCUT2D eigenvalue weighted by molar-refractivity contribution is 5.89. The van der Waals surface area contributed by atoms with Crippen molar-refractivity contribution in [1.29, 1.82) is 0 Å². The molecule has 1 saturated heterocycles. The van der Waals surface area contributed by atoms with Crippen molar-refractivity contribution in [2.24, 2.45) is 0 Å². The SMILES string of the molecule is C=CCOC1CCN(c2ncnc3ccc(F)cc23)C1. The molecule has 4 nitrogen and oxygen atoms in total. The van der Waals surface area contributed by atoms with Crippen LogP contribution in [0.3, 0.4) is 0 Å². The fourth-order valence-electron chi connectivity index (χ4n) is 2.53. The van der Waals surface area contributed by atoms with Crippen LogP contribution in [0.1, 0.15) is 6.42 Å². The summed E-state index contributed by atoms with van der Waals surface area (Å²) in [4.78, 5) is 10.6. The van der Waals surface area contributed by atoms with Crippen LogP contribution >= 0.6 is 0 Å². The van der Waals surface area contributed by atoms with Gasteiger partial charge in [-0.15, -0.1) is 6.58 Å². The summed E-state index contributed by atoms with van der Waals surface area (Å²) in [5.41, 5.74) is 0.756. The molecule has 0 bridgehead atoms. The molecule has 3 rings (SSSR count). The van der Waals surface area contributed by atoms with E-state index in [0.29, 0.717) is 6.61 Å². The van der Waals surface area contributed by atoms with Crippen LogP contribution in [0.2, 0.25) is 0 Å². The van der Waals surface area contributed by atoms with Gasteiger partial charge >= 0.3 is 0 Å². The van der Waals surface area contributed by atoms with Gasteiger partial charge < -0.3 is 9.64 Å². The van der Waals surface area contributed by atoms with Gasteiger partial charge in [-0.2, -0.15) is 0 Å². The minimum atomic E-state index is -0.271. The Hall–Kier alpha value is -2.01. The van der Waals surface area contributed by atoms with Crippen LogP contribution in [0.4, 0.5) is 10.2 Å². The van der Waals surface area contributed by atoms with Crippen LogP contribution in [0.25, 0.3) is 10.9 Å². The number of rotatable bonds is 4. The van der Waals surface area contributed by atoms with E-state index in [4.69, 9.17) is 4.74 Å². The van der Waals surface area contributed by atoms with Gasteiger partial charge in [0.15, 0.2) is 0 Å². The minimum absolute atomic E-state index is 0.173. The molecule has 0 saturated carbocycles. The Balaban J connectivity index is 1.87. The quantitative estimate of drug-likeness (QED) is 0.802. The Kier molecular flexibility index (Phi) is 3.60. The van der Waals surface area contributed by atoms with Gasteiger partial charge in [0.05, 0.1) is 18.2 Å². The first-order valence-electron chi connectivity index (χ1n) is 6.65. The molecule has 0 N–H and O–H groups in total. The van der Waals surface area contributed by atoms with Gasteiger partial charge in [0, 0.05) is 18.5 Å². The number of hydrogen-bond acceptors (Lipinski definition) is 4. The van der Waals surface area contributed by atoms with Gasteiger partial charge in [0.1, 0.15) is 18.0 Å². The van der Waals surface area contributed by atoms with Crippen molar-refractivity contribution in [3.63, 3.8) is 0 Å². The van der Waals surface area contributed by atoms with Crippen LogP contribution in [0.5, 0.6) is 0 Å². The van der Waals surface area contributed by atoms with Crippen molar-refractivity contribution in [3.8, 4) is 0 Å². The second-order valence-electron chi connectivity index (χ2n) is 4.84. The third-order valence-electron chi connectivity index (χ3n) is 3.47. The third-order valence-corrected chi connectivity index (χ3v) is 3.47. The normalized spacial score (nSPS) is 18.6. The van der Waals surface area contributed by atoms with E-state index in [9.17, 15) is 4.39 Å². The first-order valence-corrected chi connectivity index (χ1v) is 6.65. The Morgan fingerprint density at radius 1 is 1.45 bits per heavy atom. The number of anilines is 1. The summed E-state index contributed by atoms with van der Waals surface area (Å²) in [6.07, 6.45) is 4.38. The van der Waals surface area contributed by atoms with E-state index in [1.807, 2.05) is 0 Å². The second-order valence-corrected chi connectivity index (χ2v) is 4.84. The highest BCUT2D eigenvalue weighted by Gasteiger charge is 2.25. The van der Waals surface area contributed by atoms with Crippen LogP contribution < -0.4 is 4.90 Å². The van der Waals surface area contributed by atoms with Gasteiger partial charge in [-0.1, -0.05) is 6.08 Å². The van der Waals surface area contributed by atoms with Crippen molar-refractivity contribution in [1.82, 2.24) is 9.97 Å². The molecule has 1 aliphatic rings. The average molecular weight is 273 g/mol. The number of aromatic nitrogens is 2. The molecular formula is C15H16FN3O. The molecule has 0 amide bonds. The summed E-state index contributed by atoms with van der Waals surface area (Å²) < 4.78 is 19.1. The van der Waals surface area contributed by atoms with E-state index in [0.717, 1.165) is 36.2 Å². The topological polar surface area (TPSA) is 38.2 Å². The maximum atomic E-state index is 13.4. The molecule has 0 spiro atoms. The van der Waals surface area contributed by atoms with Crippen LogP contribution in [-0.2, 0) is 4.74 Å². The molecule has 1 fully saturated rings. The highest BCUT2D eigenvalue weighted by Crippen LogP contribution is 2.27. The maximum absolute atomic E-state index is 13.4. The van der Waals surface area contributed by atoms with Crippen LogP contribution in [0, 0.1) is 5.82 Å². The van der Waals surface area contributed by atoms with E-state index in [2.05, 4.69) is 21.4 Å². The Morgan fingerprint density at radius 3 is 3.20 bits per heavy atom. The van der Waals surface area contributed by atoms with Crippen LogP contribution in [-0.4, -0.2) is 35.8 Å². The molecule has 0 radical (unpaired) electrons. The van der Waals surface area contributed by atoms with Gasteiger partial charge in [0.25, 0.3) is 0 Å². The summed E-state index contributed by atoms with van der Waals surface area (Å²) in [6.45, 7) is 5.81. The van der Waals surface area contributed by atoms with Crippen molar-refractivity contribution in [3.05, 3.63) is 43.0 Å². The fraction of sp³-hybridized carbons (Fsp3) is 0.333. The molecule has 2 aromatic rings. The zero-order valence-corrected chi connectivity index (χ0v) is 11.1. The standard InChI is InChI=1S/C15H16FN3O/c1-2-7-20-12-5-6-19(9-12)15-13-8-11(16)3-4-14(13)17-10-18-15/h2-4,8,10,12H,1,5-7,9H2. The van der Waals surface area contributed by atoms with Crippen molar-refractivity contribution < 1.29 is 9.13 Å². The Labute approximate surface area is 116 Å². The lowest BCUT2D eigenvalue weighted by atomic mass is 10.2. The van der Waals surface area contributed by atoms with Gasteiger partial charge in [0.2, 0.25) is 0 Å².